The molecule has 1 atom stereocenters. The van der Waals surface area contributed by atoms with Gasteiger partial charge in [-0.05, 0) is 17.7 Å². The molecular formula is C17H14N2O2S2. The molecular weight excluding hydrogens is 328 g/mol. The number of carboxylic acid groups (broad SMARTS) is 1. The maximum absolute atomic E-state index is 11.2. The number of hydrogen-bond acceptors (Lipinski definition) is 5. The van der Waals surface area contributed by atoms with E-state index in [1.165, 1.54) is 11.3 Å². The lowest BCUT2D eigenvalue weighted by Gasteiger charge is -2.03. The van der Waals surface area contributed by atoms with E-state index >= 15 is 0 Å². The minimum Gasteiger partial charge on any atom is -0.480 e. The average molecular weight is 342 g/mol. The number of carboxylic acids is 1. The predicted molar refractivity (Wildman–Crippen MR) is 96.8 cm³/mol. The quantitative estimate of drug-likeness (QED) is 0.492. The summed E-state index contributed by atoms with van der Waals surface area (Å²) >= 11 is 5.49. The maximum atomic E-state index is 11.2. The number of aromatic nitrogens is 1. The third-order valence-corrected chi connectivity index (χ3v) is 5.14. The van der Waals surface area contributed by atoms with Crippen LogP contribution >= 0.6 is 24.0 Å². The molecule has 0 bridgehead atoms. The number of nitrogen functional groups attached to an aromatic ring is 1. The van der Waals surface area contributed by atoms with Crippen molar-refractivity contribution >= 4 is 35.6 Å². The summed E-state index contributed by atoms with van der Waals surface area (Å²) in [4.78, 5) is 16.7. The SMILES string of the molecule is Nc1ccc(-c2nc(C(S)C(=O)O)sc2-c2ccccc2)cc1. The van der Waals surface area contributed by atoms with Crippen molar-refractivity contribution in [3.05, 3.63) is 59.6 Å². The molecule has 0 saturated carbocycles. The molecule has 3 rings (SSSR count). The number of hydrogen-bond donors (Lipinski definition) is 3. The van der Waals surface area contributed by atoms with Gasteiger partial charge >= 0.3 is 5.97 Å². The first-order valence-corrected chi connectivity index (χ1v) is 8.22. The van der Waals surface area contributed by atoms with E-state index in [0.717, 1.165) is 21.7 Å². The first-order chi connectivity index (χ1) is 11.1. The van der Waals surface area contributed by atoms with Crippen molar-refractivity contribution in [2.24, 2.45) is 0 Å². The number of thiol groups is 1. The van der Waals surface area contributed by atoms with Crippen LogP contribution in [-0.4, -0.2) is 16.1 Å². The van der Waals surface area contributed by atoms with Crippen molar-refractivity contribution in [3.8, 4) is 21.7 Å². The van der Waals surface area contributed by atoms with Gasteiger partial charge < -0.3 is 10.8 Å². The lowest BCUT2D eigenvalue weighted by molar-refractivity contribution is -0.136. The molecule has 1 unspecified atom stereocenters. The van der Waals surface area contributed by atoms with Crippen LogP contribution in [0.4, 0.5) is 5.69 Å². The predicted octanol–water partition coefficient (Wildman–Crippen LogP) is 4.11. The Morgan fingerprint density at radius 2 is 1.74 bits per heavy atom. The van der Waals surface area contributed by atoms with E-state index in [2.05, 4.69) is 17.6 Å². The van der Waals surface area contributed by atoms with Crippen LogP contribution < -0.4 is 5.73 Å². The molecule has 3 aromatic rings. The Balaban J connectivity index is 2.16. The van der Waals surface area contributed by atoms with Gasteiger partial charge in [-0.25, -0.2) is 4.98 Å². The fraction of sp³-hybridized carbons (Fsp3) is 0.0588. The molecule has 6 heteroatoms. The van der Waals surface area contributed by atoms with Gasteiger partial charge in [0.25, 0.3) is 0 Å². The highest BCUT2D eigenvalue weighted by Gasteiger charge is 2.23. The number of anilines is 1. The highest BCUT2D eigenvalue weighted by molar-refractivity contribution is 7.81. The molecule has 23 heavy (non-hydrogen) atoms. The van der Waals surface area contributed by atoms with E-state index in [0.29, 0.717) is 10.7 Å². The van der Waals surface area contributed by atoms with Crippen molar-refractivity contribution in [3.63, 3.8) is 0 Å². The van der Waals surface area contributed by atoms with Crippen molar-refractivity contribution in [1.82, 2.24) is 4.98 Å². The Bertz CT molecular complexity index is 830. The molecule has 0 spiro atoms. The molecule has 0 aliphatic carbocycles. The molecule has 0 aliphatic rings. The summed E-state index contributed by atoms with van der Waals surface area (Å²) in [5.74, 6) is -1.01. The molecule has 116 valence electrons. The topological polar surface area (TPSA) is 76.2 Å². The fourth-order valence-corrected chi connectivity index (χ4v) is 3.47. The van der Waals surface area contributed by atoms with Gasteiger partial charge in [0.1, 0.15) is 5.01 Å². The lowest BCUT2D eigenvalue weighted by Crippen LogP contribution is -2.04. The standard InChI is InChI=1S/C17H14N2O2S2/c18-12-8-6-10(7-9-12)13-15(11-4-2-1-3-5-11)23-16(19-13)14(22)17(20)21/h1-9,14,22H,18H2,(H,20,21). The first-order valence-electron chi connectivity index (χ1n) is 6.89. The number of aliphatic carboxylic acids is 1. The van der Waals surface area contributed by atoms with Crippen LogP contribution in [0.15, 0.2) is 54.6 Å². The van der Waals surface area contributed by atoms with E-state index in [1.54, 1.807) is 12.1 Å². The largest absolute Gasteiger partial charge is 0.480 e. The van der Waals surface area contributed by atoms with E-state index < -0.39 is 11.2 Å². The van der Waals surface area contributed by atoms with Crippen molar-refractivity contribution in [1.29, 1.82) is 0 Å². The number of benzene rings is 2. The van der Waals surface area contributed by atoms with Gasteiger partial charge in [0.15, 0.2) is 5.25 Å². The zero-order valence-corrected chi connectivity index (χ0v) is 13.7. The Hall–Kier alpha value is -2.31. The summed E-state index contributed by atoms with van der Waals surface area (Å²) in [6.45, 7) is 0. The Labute approximate surface area is 143 Å². The monoisotopic (exact) mass is 342 g/mol. The maximum Gasteiger partial charge on any atom is 0.323 e. The third-order valence-electron chi connectivity index (χ3n) is 3.33. The first kappa shape index (κ1) is 15.6. The summed E-state index contributed by atoms with van der Waals surface area (Å²) in [6, 6.07) is 17.2. The van der Waals surface area contributed by atoms with E-state index in [4.69, 9.17) is 5.73 Å². The molecule has 3 N–H and O–H groups in total. The van der Waals surface area contributed by atoms with Gasteiger partial charge in [0, 0.05) is 11.3 Å². The number of carbonyl (C=O) groups is 1. The molecule has 1 aromatic heterocycles. The van der Waals surface area contributed by atoms with Gasteiger partial charge in [-0.1, -0.05) is 42.5 Å². The van der Waals surface area contributed by atoms with Gasteiger partial charge in [0.2, 0.25) is 0 Å². The molecule has 0 radical (unpaired) electrons. The third kappa shape index (κ3) is 3.23. The molecule has 1 heterocycles. The van der Waals surface area contributed by atoms with Gasteiger partial charge in [-0.2, -0.15) is 12.6 Å². The minimum atomic E-state index is -1.01. The van der Waals surface area contributed by atoms with Gasteiger partial charge in [-0.15, -0.1) is 11.3 Å². The van der Waals surface area contributed by atoms with Crippen LogP contribution in [0.2, 0.25) is 0 Å². The minimum absolute atomic E-state index is 0.464. The summed E-state index contributed by atoms with van der Waals surface area (Å²) in [7, 11) is 0. The fourth-order valence-electron chi connectivity index (χ4n) is 2.18. The number of thiazole rings is 1. The molecule has 0 amide bonds. The van der Waals surface area contributed by atoms with Crippen LogP contribution in [-0.2, 0) is 4.79 Å². The van der Waals surface area contributed by atoms with Crippen LogP contribution in [0.1, 0.15) is 10.3 Å². The Morgan fingerprint density at radius 3 is 2.35 bits per heavy atom. The Morgan fingerprint density at radius 1 is 1.09 bits per heavy atom. The van der Waals surface area contributed by atoms with Crippen molar-refractivity contribution in [2.75, 3.05) is 5.73 Å². The molecule has 0 saturated heterocycles. The molecule has 0 fully saturated rings. The summed E-state index contributed by atoms with van der Waals surface area (Å²) < 4.78 is 0. The van der Waals surface area contributed by atoms with Crippen molar-refractivity contribution < 1.29 is 9.90 Å². The van der Waals surface area contributed by atoms with E-state index in [1.807, 2.05) is 42.5 Å². The molecule has 2 aromatic carbocycles. The molecule has 4 nitrogen and oxygen atoms in total. The van der Waals surface area contributed by atoms with Gasteiger partial charge in [-0.3, -0.25) is 4.79 Å². The Kier molecular flexibility index (Phi) is 4.36. The number of nitrogens with two attached hydrogens (primary N) is 1. The van der Waals surface area contributed by atoms with Gasteiger partial charge in [0.05, 0.1) is 10.6 Å². The molecule has 0 aliphatic heterocycles. The smallest absolute Gasteiger partial charge is 0.323 e. The zero-order chi connectivity index (χ0) is 16.4. The summed E-state index contributed by atoms with van der Waals surface area (Å²) in [5.41, 5.74) is 9.04. The van der Waals surface area contributed by atoms with Crippen LogP contribution in [0.5, 0.6) is 0 Å². The number of rotatable bonds is 4. The second kappa shape index (κ2) is 6.44. The summed E-state index contributed by atoms with van der Waals surface area (Å²) in [5, 5.41) is 8.71. The second-order valence-corrected chi connectivity index (χ2v) is 6.51. The van der Waals surface area contributed by atoms with Crippen LogP contribution in [0.25, 0.3) is 21.7 Å². The number of nitrogens with zero attached hydrogens (tertiary/aromatic N) is 1. The normalized spacial score (nSPS) is 12.0. The lowest BCUT2D eigenvalue weighted by atomic mass is 10.1. The highest BCUT2D eigenvalue weighted by atomic mass is 32.1. The summed E-state index contributed by atoms with van der Waals surface area (Å²) in [6.07, 6.45) is 0. The van der Waals surface area contributed by atoms with E-state index in [-0.39, 0.29) is 0 Å². The average Bonchev–Trinajstić information content (AvgIpc) is 3.00. The van der Waals surface area contributed by atoms with E-state index in [9.17, 15) is 9.90 Å². The van der Waals surface area contributed by atoms with Crippen molar-refractivity contribution in [2.45, 2.75) is 5.25 Å². The second-order valence-electron chi connectivity index (χ2n) is 4.96. The highest BCUT2D eigenvalue weighted by Crippen LogP contribution is 2.40. The zero-order valence-electron chi connectivity index (χ0n) is 12.0. The van der Waals surface area contributed by atoms with Crippen LogP contribution in [0, 0.1) is 0 Å². The van der Waals surface area contributed by atoms with Crippen LogP contribution in [0.3, 0.4) is 0 Å².